The summed E-state index contributed by atoms with van der Waals surface area (Å²) in [5.74, 6) is 0.819. The van der Waals surface area contributed by atoms with Gasteiger partial charge in [-0.25, -0.2) is 4.98 Å². The van der Waals surface area contributed by atoms with Gasteiger partial charge < -0.3 is 9.72 Å². The molecule has 7 heteroatoms. The summed E-state index contributed by atoms with van der Waals surface area (Å²) in [5.41, 5.74) is 1.54. The molecule has 1 aliphatic rings. The molecule has 2 aromatic rings. The number of hydrogen-bond acceptors (Lipinski definition) is 4. The van der Waals surface area contributed by atoms with Crippen LogP contribution < -0.4 is 9.46 Å². The molecule has 1 aliphatic heterocycles. The molecule has 1 aromatic heterocycles. The molecule has 1 aromatic carbocycles. The van der Waals surface area contributed by atoms with Crippen molar-refractivity contribution in [1.82, 2.24) is 9.97 Å². The molecule has 3 rings (SSSR count). The van der Waals surface area contributed by atoms with Crippen LogP contribution in [0, 0.1) is 0 Å². The second-order valence-corrected chi connectivity index (χ2v) is 5.59. The van der Waals surface area contributed by atoms with Crippen molar-refractivity contribution in [2.75, 3.05) is 11.3 Å². The van der Waals surface area contributed by atoms with Crippen molar-refractivity contribution in [1.29, 1.82) is 0 Å². The average Bonchev–Trinajstić information content (AvgIpc) is 2.99. The highest BCUT2D eigenvalue weighted by Crippen LogP contribution is 2.28. The Morgan fingerprint density at radius 3 is 3.06 bits per heavy atom. The summed E-state index contributed by atoms with van der Waals surface area (Å²) in [5, 5.41) is 0.0410. The van der Waals surface area contributed by atoms with E-state index in [1.165, 1.54) is 12.5 Å². The molecule has 2 N–H and O–H groups in total. The molecular formula is C11H11N3O3S. The number of nitrogens with one attached hydrogen (secondary N) is 2. The van der Waals surface area contributed by atoms with E-state index in [4.69, 9.17) is 4.74 Å². The topological polar surface area (TPSA) is 84.1 Å². The molecule has 18 heavy (non-hydrogen) atoms. The summed E-state index contributed by atoms with van der Waals surface area (Å²) in [6, 6.07) is 5.24. The Hall–Kier alpha value is -2.02. The van der Waals surface area contributed by atoms with Crippen LogP contribution in [0.25, 0.3) is 0 Å². The van der Waals surface area contributed by atoms with Gasteiger partial charge in [-0.15, -0.1) is 0 Å². The number of fused-ring (bicyclic) bond motifs is 1. The number of H-pyrrole nitrogens is 1. The second kappa shape index (κ2) is 4.02. The van der Waals surface area contributed by atoms with Gasteiger partial charge >= 0.3 is 0 Å². The number of aromatic amines is 1. The fourth-order valence-corrected chi connectivity index (χ4v) is 2.80. The highest BCUT2D eigenvalue weighted by atomic mass is 32.2. The number of hydrogen-bond donors (Lipinski definition) is 2. The van der Waals surface area contributed by atoms with Crippen LogP contribution in [-0.2, 0) is 16.4 Å². The molecule has 94 valence electrons. The van der Waals surface area contributed by atoms with Gasteiger partial charge in [0.05, 0.1) is 19.1 Å². The first kappa shape index (κ1) is 11.1. The summed E-state index contributed by atoms with van der Waals surface area (Å²) >= 11 is 0. The summed E-state index contributed by atoms with van der Waals surface area (Å²) in [7, 11) is -3.60. The molecule has 2 heterocycles. The van der Waals surface area contributed by atoms with E-state index in [-0.39, 0.29) is 5.03 Å². The van der Waals surface area contributed by atoms with Crippen LogP contribution in [0.1, 0.15) is 5.56 Å². The van der Waals surface area contributed by atoms with Crippen LogP contribution in [0.2, 0.25) is 0 Å². The number of anilines is 1. The standard InChI is InChI=1S/C11H11N3O3S/c15-18(16,11-6-12-7-13-11)14-9-1-2-10-8(5-9)3-4-17-10/h1-2,5-7,14H,3-4H2,(H,12,13). The lowest BCUT2D eigenvalue weighted by molar-refractivity contribution is 0.357. The molecule has 6 nitrogen and oxygen atoms in total. The van der Waals surface area contributed by atoms with Crippen molar-refractivity contribution in [3.8, 4) is 5.75 Å². The number of nitrogens with zero attached hydrogens (tertiary/aromatic N) is 1. The molecular weight excluding hydrogens is 254 g/mol. The SMILES string of the molecule is O=S(=O)(Nc1ccc2c(c1)CCO2)c1cnc[nH]1. The molecule has 0 fully saturated rings. The zero-order valence-corrected chi connectivity index (χ0v) is 10.2. The zero-order valence-electron chi connectivity index (χ0n) is 9.38. The van der Waals surface area contributed by atoms with Gasteiger partial charge in [0.1, 0.15) is 5.75 Å². The lowest BCUT2D eigenvalue weighted by Crippen LogP contribution is -2.13. The molecule has 0 aliphatic carbocycles. The summed E-state index contributed by atoms with van der Waals surface area (Å²) in [6.07, 6.45) is 3.39. The lowest BCUT2D eigenvalue weighted by Gasteiger charge is -2.07. The van der Waals surface area contributed by atoms with Gasteiger partial charge in [0, 0.05) is 12.1 Å². The Morgan fingerprint density at radius 2 is 2.28 bits per heavy atom. The van der Waals surface area contributed by atoms with E-state index in [1.54, 1.807) is 18.2 Å². The third kappa shape index (κ3) is 1.92. The molecule has 0 atom stereocenters. The van der Waals surface area contributed by atoms with E-state index in [1.807, 2.05) is 0 Å². The maximum atomic E-state index is 11.9. The number of imidazole rings is 1. The minimum Gasteiger partial charge on any atom is -0.493 e. The van der Waals surface area contributed by atoms with Crippen molar-refractivity contribution in [2.45, 2.75) is 11.4 Å². The zero-order chi connectivity index (χ0) is 12.6. The predicted molar refractivity (Wildman–Crippen MR) is 65.0 cm³/mol. The van der Waals surface area contributed by atoms with E-state index in [2.05, 4.69) is 14.7 Å². The minimum atomic E-state index is -3.60. The monoisotopic (exact) mass is 265 g/mol. The Kier molecular flexibility index (Phi) is 2.48. The number of sulfonamides is 1. The lowest BCUT2D eigenvalue weighted by atomic mass is 10.1. The van der Waals surface area contributed by atoms with E-state index >= 15 is 0 Å². The summed E-state index contributed by atoms with van der Waals surface area (Å²) < 4.78 is 31.8. The van der Waals surface area contributed by atoms with Gasteiger partial charge in [0.15, 0.2) is 5.03 Å². The molecule has 0 spiro atoms. The van der Waals surface area contributed by atoms with Gasteiger partial charge in [-0.2, -0.15) is 8.42 Å². The van der Waals surface area contributed by atoms with Gasteiger partial charge in [0.2, 0.25) is 0 Å². The number of aromatic nitrogens is 2. The van der Waals surface area contributed by atoms with Gasteiger partial charge in [-0.3, -0.25) is 4.72 Å². The molecule has 0 radical (unpaired) electrons. The van der Waals surface area contributed by atoms with Crippen molar-refractivity contribution < 1.29 is 13.2 Å². The maximum Gasteiger partial charge on any atom is 0.278 e. The third-order valence-electron chi connectivity index (χ3n) is 2.70. The molecule has 0 unspecified atom stereocenters. The number of ether oxygens (including phenoxy) is 1. The average molecular weight is 265 g/mol. The van der Waals surface area contributed by atoms with E-state index in [9.17, 15) is 8.42 Å². The molecule has 0 saturated carbocycles. The quantitative estimate of drug-likeness (QED) is 0.871. The minimum absolute atomic E-state index is 0.0410. The predicted octanol–water partition coefficient (Wildman–Crippen LogP) is 1.15. The first-order valence-corrected chi connectivity index (χ1v) is 6.90. The fourth-order valence-electron chi connectivity index (χ4n) is 1.85. The van der Waals surface area contributed by atoms with Crippen molar-refractivity contribution in [2.24, 2.45) is 0 Å². The van der Waals surface area contributed by atoms with Gasteiger partial charge in [-0.05, 0) is 23.8 Å². The Balaban J connectivity index is 1.89. The summed E-state index contributed by atoms with van der Waals surface area (Å²) in [6.45, 7) is 0.645. The number of benzene rings is 1. The van der Waals surface area contributed by atoms with Crippen LogP contribution in [0.3, 0.4) is 0 Å². The van der Waals surface area contributed by atoms with Crippen molar-refractivity contribution in [3.05, 3.63) is 36.3 Å². The Morgan fingerprint density at radius 1 is 1.39 bits per heavy atom. The maximum absolute atomic E-state index is 11.9. The van der Waals surface area contributed by atoms with E-state index in [0.717, 1.165) is 17.7 Å². The molecule has 0 bridgehead atoms. The molecule has 0 amide bonds. The van der Waals surface area contributed by atoms with Crippen LogP contribution in [0.4, 0.5) is 5.69 Å². The van der Waals surface area contributed by atoms with Gasteiger partial charge in [-0.1, -0.05) is 0 Å². The van der Waals surface area contributed by atoms with Crippen LogP contribution in [0.15, 0.2) is 35.7 Å². The normalized spacial score (nSPS) is 14.0. The second-order valence-electron chi connectivity index (χ2n) is 3.94. The Bertz CT molecular complexity index is 665. The van der Waals surface area contributed by atoms with Gasteiger partial charge in [0.25, 0.3) is 10.0 Å². The van der Waals surface area contributed by atoms with Crippen LogP contribution in [-0.4, -0.2) is 25.0 Å². The van der Waals surface area contributed by atoms with Crippen LogP contribution >= 0.6 is 0 Å². The molecule has 0 saturated heterocycles. The fraction of sp³-hybridized carbons (Fsp3) is 0.182. The van der Waals surface area contributed by atoms with Crippen molar-refractivity contribution in [3.63, 3.8) is 0 Å². The van der Waals surface area contributed by atoms with E-state index in [0.29, 0.717) is 12.3 Å². The largest absolute Gasteiger partial charge is 0.493 e. The first-order chi connectivity index (χ1) is 8.65. The highest BCUT2D eigenvalue weighted by molar-refractivity contribution is 7.92. The Labute approximate surface area is 104 Å². The number of rotatable bonds is 3. The van der Waals surface area contributed by atoms with E-state index < -0.39 is 10.0 Å². The highest BCUT2D eigenvalue weighted by Gasteiger charge is 2.17. The first-order valence-electron chi connectivity index (χ1n) is 5.42. The third-order valence-corrected chi connectivity index (χ3v) is 4.01. The van der Waals surface area contributed by atoms with Crippen LogP contribution in [0.5, 0.6) is 5.75 Å². The van der Waals surface area contributed by atoms with Crippen molar-refractivity contribution >= 4 is 15.7 Å². The smallest absolute Gasteiger partial charge is 0.278 e. The summed E-state index contributed by atoms with van der Waals surface area (Å²) in [4.78, 5) is 6.26.